The van der Waals surface area contributed by atoms with E-state index in [0.29, 0.717) is 12.1 Å². The van der Waals surface area contributed by atoms with Crippen molar-refractivity contribution in [2.24, 2.45) is 0 Å². The van der Waals surface area contributed by atoms with Crippen LogP contribution < -0.4 is 10.6 Å². The van der Waals surface area contributed by atoms with Gasteiger partial charge in [-0.2, -0.15) is 0 Å². The highest BCUT2D eigenvalue weighted by Crippen LogP contribution is 2.32. The lowest BCUT2D eigenvalue weighted by Crippen LogP contribution is -2.35. The highest BCUT2D eigenvalue weighted by molar-refractivity contribution is 5.80. The molecule has 2 aliphatic carbocycles. The van der Waals surface area contributed by atoms with Crippen LogP contribution in [0.4, 0.5) is 9.59 Å². The SMILES string of the molecule is CN1C(=O)N[C@@H]2CCC(c3ccccc3)=C[C@H]21.CN1C(=O)N[C@H]2CCC(c3ccccc3)=C[C@@H]21. The summed E-state index contributed by atoms with van der Waals surface area (Å²) in [6, 6.07) is 21.9. The van der Waals surface area contributed by atoms with Crippen LogP contribution in [0.3, 0.4) is 0 Å². The highest BCUT2D eigenvalue weighted by Gasteiger charge is 2.38. The van der Waals surface area contributed by atoms with E-state index in [1.165, 1.54) is 22.3 Å². The number of carbonyl (C=O) groups excluding carboxylic acids is 2. The van der Waals surface area contributed by atoms with Crippen LogP contribution in [0.25, 0.3) is 11.1 Å². The van der Waals surface area contributed by atoms with Crippen LogP contribution in [-0.2, 0) is 0 Å². The van der Waals surface area contributed by atoms with Gasteiger partial charge in [0, 0.05) is 14.1 Å². The first-order valence-electron chi connectivity index (χ1n) is 12.1. The minimum Gasteiger partial charge on any atom is -0.333 e. The predicted octanol–water partition coefficient (Wildman–Crippen LogP) is 4.51. The van der Waals surface area contributed by atoms with Gasteiger partial charge in [-0.3, -0.25) is 0 Å². The van der Waals surface area contributed by atoms with E-state index in [-0.39, 0.29) is 24.1 Å². The molecule has 6 heteroatoms. The van der Waals surface area contributed by atoms with Gasteiger partial charge in [0.15, 0.2) is 0 Å². The molecule has 0 aromatic heterocycles. The number of carbonyl (C=O) groups is 2. The molecular weight excluding hydrogens is 424 g/mol. The zero-order chi connectivity index (χ0) is 23.7. The van der Waals surface area contributed by atoms with E-state index in [1.54, 1.807) is 9.80 Å². The van der Waals surface area contributed by atoms with E-state index in [2.05, 4.69) is 71.3 Å². The molecular formula is C28H32N4O2. The summed E-state index contributed by atoms with van der Waals surface area (Å²) in [5.41, 5.74) is 5.27. The Morgan fingerprint density at radius 2 is 1.03 bits per heavy atom. The zero-order valence-electron chi connectivity index (χ0n) is 19.8. The summed E-state index contributed by atoms with van der Waals surface area (Å²) < 4.78 is 0. The van der Waals surface area contributed by atoms with Crippen molar-refractivity contribution >= 4 is 23.2 Å². The van der Waals surface area contributed by atoms with Crippen LogP contribution in [0.5, 0.6) is 0 Å². The summed E-state index contributed by atoms with van der Waals surface area (Å²) in [5.74, 6) is 0. The Balaban J connectivity index is 0.000000142. The number of fused-ring (bicyclic) bond motifs is 2. The molecule has 2 N–H and O–H groups in total. The Labute approximate surface area is 201 Å². The average molecular weight is 457 g/mol. The van der Waals surface area contributed by atoms with Crippen LogP contribution in [-0.4, -0.2) is 60.1 Å². The van der Waals surface area contributed by atoms with Crippen molar-refractivity contribution < 1.29 is 9.59 Å². The monoisotopic (exact) mass is 456 g/mol. The first-order chi connectivity index (χ1) is 16.5. The van der Waals surface area contributed by atoms with Gasteiger partial charge in [-0.05, 0) is 48.0 Å². The molecule has 4 atom stereocenters. The number of hydrogen-bond acceptors (Lipinski definition) is 2. The van der Waals surface area contributed by atoms with Crippen molar-refractivity contribution in [3.05, 3.63) is 83.9 Å². The Morgan fingerprint density at radius 1 is 0.647 bits per heavy atom. The van der Waals surface area contributed by atoms with Gasteiger partial charge in [-0.1, -0.05) is 72.8 Å². The second-order valence-corrected chi connectivity index (χ2v) is 9.51. The van der Waals surface area contributed by atoms with Gasteiger partial charge in [0.05, 0.1) is 24.2 Å². The molecule has 0 bridgehead atoms. The van der Waals surface area contributed by atoms with Crippen molar-refractivity contribution in [2.45, 2.75) is 49.9 Å². The van der Waals surface area contributed by atoms with Gasteiger partial charge >= 0.3 is 12.1 Å². The Bertz CT molecular complexity index is 1020. The molecule has 2 saturated heterocycles. The minimum absolute atomic E-state index is 0.0468. The Morgan fingerprint density at radius 3 is 1.41 bits per heavy atom. The van der Waals surface area contributed by atoms with Crippen LogP contribution in [0.15, 0.2) is 72.8 Å². The van der Waals surface area contributed by atoms with E-state index in [1.807, 2.05) is 26.2 Å². The quantitative estimate of drug-likeness (QED) is 0.698. The third-order valence-electron chi connectivity index (χ3n) is 7.46. The lowest BCUT2D eigenvalue weighted by atomic mass is 9.88. The van der Waals surface area contributed by atoms with Gasteiger partial charge in [-0.15, -0.1) is 0 Å². The van der Waals surface area contributed by atoms with Crippen LogP contribution in [0, 0.1) is 0 Å². The fourth-order valence-corrected chi connectivity index (χ4v) is 5.43. The number of likely N-dealkylation sites (N-methyl/N-ethyl adjacent to an activating group) is 2. The lowest BCUT2D eigenvalue weighted by Gasteiger charge is -2.26. The standard InChI is InChI=1S/2C14H16N2O/c2*1-16-13-9-11(10-5-3-2-4-6-10)7-8-12(13)15-14(16)17/h2*2-6,9,12-13H,7-8H2,1H3,(H,15,17)/t2*12-,13-/m10/s1. The minimum atomic E-state index is 0.0468. The summed E-state index contributed by atoms with van der Waals surface area (Å²) in [5, 5.41) is 6.04. The summed E-state index contributed by atoms with van der Waals surface area (Å²) in [6.45, 7) is 0. The Kier molecular flexibility index (Phi) is 6.14. The molecule has 0 spiro atoms. The molecule has 6 nitrogen and oxygen atoms in total. The largest absolute Gasteiger partial charge is 0.333 e. The topological polar surface area (TPSA) is 64.7 Å². The summed E-state index contributed by atoms with van der Waals surface area (Å²) >= 11 is 0. The number of amides is 4. The van der Waals surface area contributed by atoms with Gasteiger partial charge < -0.3 is 20.4 Å². The number of benzene rings is 2. The molecule has 0 radical (unpaired) electrons. The fraction of sp³-hybridized carbons (Fsp3) is 0.357. The molecule has 0 saturated carbocycles. The molecule has 34 heavy (non-hydrogen) atoms. The molecule has 2 fully saturated rings. The average Bonchev–Trinajstić information content (AvgIpc) is 3.34. The first-order valence-corrected chi connectivity index (χ1v) is 12.1. The van der Waals surface area contributed by atoms with E-state index >= 15 is 0 Å². The van der Waals surface area contributed by atoms with Gasteiger partial charge in [0.1, 0.15) is 0 Å². The van der Waals surface area contributed by atoms with Crippen molar-refractivity contribution in [3.63, 3.8) is 0 Å². The maximum Gasteiger partial charge on any atom is 0.318 e. The smallest absolute Gasteiger partial charge is 0.318 e. The van der Waals surface area contributed by atoms with Crippen LogP contribution in [0.2, 0.25) is 0 Å². The number of allylic oxidation sites excluding steroid dienone is 2. The predicted molar refractivity (Wildman–Crippen MR) is 135 cm³/mol. The first kappa shape index (κ1) is 22.3. The number of urea groups is 2. The van der Waals surface area contributed by atoms with E-state index in [9.17, 15) is 9.59 Å². The number of nitrogens with zero attached hydrogens (tertiary/aromatic N) is 2. The molecule has 4 amide bonds. The summed E-state index contributed by atoms with van der Waals surface area (Å²) in [6.07, 6.45) is 8.62. The number of rotatable bonds is 2. The van der Waals surface area contributed by atoms with Gasteiger partial charge in [0.2, 0.25) is 0 Å². The third kappa shape index (κ3) is 4.32. The molecule has 4 aliphatic rings. The molecule has 0 unspecified atom stereocenters. The van der Waals surface area contributed by atoms with E-state index in [4.69, 9.17) is 0 Å². The highest BCUT2D eigenvalue weighted by atomic mass is 16.2. The zero-order valence-corrected chi connectivity index (χ0v) is 19.8. The molecule has 176 valence electrons. The van der Waals surface area contributed by atoms with Crippen molar-refractivity contribution in [1.82, 2.24) is 20.4 Å². The molecule has 2 heterocycles. The number of hydrogen-bond donors (Lipinski definition) is 2. The van der Waals surface area contributed by atoms with Crippen molar-refractivity contribution in [2.75, 3.05) is 14.1 Å². The van der Waals surface area contributed by atoms with E-state index in [0.717, 1.165) is 25.7 Å². The van der Waals surface area contributed by atoms with E-state index < -0.39 is 0 Å². The molecule has 2 aromatic rings. The normalized spacial score (nSPS) is 27.5. The van der Waals surface area contributed by atoms with Gasteiger partial charge in [0.25, 0.3) is 0 Å². The maximum atomic E-state index is 11.6. The second kappa shape index (κ2) is 9.37. The third-order valence-corrected chi connectivity index (χ3v) is 7.46. The summed E-state index contributed by atoms with van der Waals surface area (Å²) in [4.78, 5) is 26.7. The lowest BCUT2D eigenvalue weighted by molar-refractivity contribution is 0.220. The molecule has 2 aliphatic heterocycles. The molecule has 2 aromatic carbocycles. The van der Waals surface area contributed by atoms with Crippen LogP contribution >= 0.6 is 0 Å². The van der Waals surface area contributed by atoms with Crippen molar-refractivity contribution in [1.29, 1.82) is 0 Å². The van der Waals surface area contributed by atoms with Gasteiger partial charge in [-0.25, -0.2) is 9.59 Å². The molecule has 6 rings (SSSR count). The number of nitrogens with one attached hydrogen (secondary N) is 2. The Hall–Kier alpha value is -3.54. The van der Waals surface area contributed by atoms with Crippen molar-refractivity contribution in [3.8, 4) is 0 Å². The van der Waals surface area contributed by atoms with Crippen LogP contribution in [0.1, 0.15) is 36.8 Å². The second-order valence-electron chi connectivity index (χ2n) is 9.51. The summed E-state index contributed by atoms with van der Waals surface area (Å²) in [7, 11) is 3.73. The fourth-order valence-electron chi connectivity index (χ4n) is 5.43. The maximum absolute atomic E-state index is 11.6.